The molecular weight excluding hydrogens is 283 g/mol. The first-order valence-electron chi connectivity index (χ1n) is 6.99. The van der Waals surface area contributed by atoms with E-state index in [4.69, 9.17) is 4.74 Å². The van der Waals surface area contributed by atoms with Gasteiger partial charge in [-0.3, -0.25) is 4.79 Å². The van der Waals surface area contributed by atoms with Crippen molar-refractivity contribution < 1.29 is 9.13 Å². The summed E-state index contributed by atoms with van der Waals surface area (Å²) in [5.41, 5.74) is 1.77. The molecule has 2 aromatic rings. The van der Waals surface area contributed by atoms with E-state index in [1.54, 1.807) is 12.1 Å². The Labute approximate surface area is 127 Å². The molecule has 0 aliphatic carbocycles. The number of H-pyrrole nitrogens is 1. The van der Waals surface area contributed by atoms with Crippen LogP contribution in [0.15, 0.2) is 29.1 Å². The van der Waals surface area contributed by atoms with Crippen molar-refractivity contribution in [2.75, 3.05) is 0 Å². The first kappa shape index (κ1) is 14.5. The number of rotatable bonds is 1. The molecule has 5 heteroatoms. The number of aromatic amines is 1. The number of pyridine rings is 1. The maximum atomic E-state index is 13.5. The molecule has 1 N–H and O–H groups in total. The molecule has 0 saturated heterocycles. The average molecular weight is 298 g/mol. The van der Waals surface area contributed by atoms with Gasteiger partial charge in [0.25, 0.3) is 5.56 Å². The largest absolute Gasteiger partial charge is 0.370 e. The second-order valence-electron chi connectivity index (χ2n) is 6.01. The van der Waals surface area contributed by atoms with Gasteiger partial charge in [0.1, 0.15) is 17.4 Å². The summed E-state index contributed by atoms with van der Waals surface area (Å²) in [4.78, 5) is 14.9. The number of nitriles is 1. The second kappa shape index (κ2) is 5.08. The number of hydrogen-bond acceptors (Lipinski definition) is 3. The Bertz CT molecular complexity index is 847. The Balaban J connectivity index is 2.29. The molecule has 0 saturated carbocycles. The summed E-state index contributed by atoms with van der Waals surface area (Å²) in [5, 5.41) is 9.28. The number of nitrogens with zero attached hydrogens (tertiary/aromatic N) is 1. The van der Waals surface area contributed by atoms with Crippen LogP contribution in [0.5, 0.6) is 0 Å². The minimum atomic E-state index is -0.446. The van der Waals surface area contributed by atoms with Crippen molar-refractivity contribution in [3.63, 3.8) is 0 Å². The summed E-state index contributed by atoms with van der Waals surface area (Å²) in [6.07, 6.45) is 0.470. The van der Waals surface area contributed by atoms with Crippen molar-refractivity contribution in [3.8, 4) is 17.3 Å². The fourth-order valence-corrected chi connectivity index (χ4v) is 2.80. The van der Waals surface area contributed by atoms with Crippen LogP contribution < -0.4 is 5.56 Å². The van der Waals surface area contributed by atoms with Crippen LogP contribution in [-0.2, 0) is 17.8 Å². The van der Waals surface area contributed by atoms with E-state index in [-0.39, 0.29) is 18.0 Å². The Hall–Kier alpha value is -2.45. The molecule has 1 aromatic carbocycles. The zero-order valence-corrected chi connectivity index (χ0v) is 12.4. The maximum Gasteiger partial charge on any atom is 0.266 e. The van der Waals surface area contributed by atoms with Gasteiger partial charge in [-0.2, -0.15) is 5.26 Å². The third kappa shape index (κ3) is 2.42. The van der Waals surface area contributed by atoms with E-state index in [2.05, 4.69) is 4.98 Å². The van der Waals surface area contributed by atoms with Crippen LogP contribution in [0.2, 0.25) is 0 Å². The zero-order chi connectivity index (χ0) is 15.9. The first-order valence-corrected chi connectivity index (χ1v) is 6.99. The quantitative estimate of drug-likeness (QED) is 0.880. The molecule has 22 heavy (non-hydrogen) atoms. The minimum absolute atomic E-state index is 0.117. The molecule has 2 heterocycles. The number of hydrogen-bond donors (Lipinski definition) is 1. The second-order valence-corrected chi connectivity index (χ2v) is 6.01. The predicted octanol–water partition coefficient (Wildman–Crippen LogP) is 2.90. The molecule has 1 aromatic heterocycles. The molecule has 112 valence electrons. The zero-order valence-electron chi connectivity index (χ0n) is 12.4. The van der Waals surface area contributed by atoms with Gasteiger partial charge in [0, 0.05) is 17.5 Å². The molecule has 0 atom stereocenters. The van der Waals surface area contributed by atoms with Crippen LogP contribution in [0.3, 0.4) is 0 Å². The normalized spacial score (nSPS) is 15.9. The Morgan fingerprint density at radius 2 is 2.14 bits per heavy atom. The van der Waals surface area contributed by atoms with Crippen molar-refractivity contribution >= 4 is 0 Å². The van der Waals surface area contributed by atoms with Gasteiger partial charge in [-0.1, -0.05) is 12.1 Å². The van der Waals surface area contributed by atoms with Gasteiger partial charge in [0.05, 0.1) is 17.9 Å². The first-order chi connectivity index (χ1) is 10.4. The van der Waals surface area contributed by atoms with Gasteiger partial charge in [0.2, 0.25) is 0 Å². The lowest BCUT2D eigenvalue weighted by molar-refractivity contribution is -0.0400. The third-order valence-electron chi connectivity index (χ3n) is 3.87. The Morgan fingerprint density at radius 3 is 2.82 bits per heavy atom. The molecule has 0 amide bonds. The summed E-state index contributed by atoms with van der Waals surface area (Å²) >= 11 is 0. The highest BCUT2D eigenvalue weighted by Gasteiger charge is 2.31. The molecule has 1 aliphatic heterocycles. The molecule has 4 nitrogen and oxygen atoms in total. The van der Waals surface area contributed by atoms with E-state index in [9.17, 15) is 14.4 Å². The van der Waals surface area contributed by atoms with E-state index >= 15 is 0 Å². The SMILES string of the molecule is CC1(C)Cc2c(c(-c3cccc(F)c3)[nH]c(=O)c2C#N)CO1. The number of halogens is 1. The number of ether oxygens (including phenoxy) is 1. The van der Waals surface area contributed by atoms with Crippen LogP contribution in [-0.4, -0.2) is 10.6 Å². The number of benzene rings is 1. The fourth-order valence-electron chi connectivity index (χ4n) is 2.80. The smallest absolute Gasteiger partial charge is 0.266 e. The topological polar surface area (TPSA) is 65.9 Å². The van der Waals surface area contributed by atoms with Crippen LogP contribution in [0.1, 0.15) is 30.5 Å². The van der Waals surface area contributed by atoms with E-state index in [0.29, 0.717) is 23.2 Å². The molecule has 0 radical (unpaired) electrons. The lowest BCUT2D eigenvalue weighted by Crippen LogP contribution is -2.35. The van der Waals surface area contributed by atoms with Gasteiger partial charge in [-0.25, -0.2) is 4.39 Å². The number of aromatic nitrogens is 1. The van der Waals surface area contributed by atoms with Crippen LogP contribution in [0.25, 0.3) is 11.3 Å². The molecule has 1 aliphatic rings. The van der Waals surface area contributed by atoms with Crippen LogP contribution in [0, 0.1) is 17.1 Å². The van der Waals surface area contributed by atoms with Gasteiger partial charge in [-0.15, -0.1) is 0 Å². The fraction of sp³-hybridized carbons (Fsp3) is 0.294. The summed E-state index contributed by atoms with van der Waals surface area (Å²) < 4.78 is 19.3. The molecule has 3 rings (SSSR count). The standard InChI is InChI=1S/C17H15FN2O2/c1-17(2)7-12-13(8-19)16(21)20-15(14(12)9-22-17)10-4-3-5-11(18)6-10/h3-6H,7,9H2,1-2H3,(H,20,21). The lowest BCUT2D eigenvalue weighted by atomic mass is 9.87. The Kier molecular flexibility index (Phi) is 3.34. The lowest BCUT2D eigenvalue weighted by Gasteiger charge is -2.33. The van der Waals surface area contributed by atoms with Gasteiger partial charge in [0.15, 0.2) is 0 Å². The molecule has 0 unspecified atom stereocenters. The summed E-state index contributed by atoms with van der Waals surface area (Å²) in [5.74, 6) is -0.381. The van der Waals surface area contributed by atoms with Crippen molar-refractivity contribution in [2.45, 2.75) is 32.5 Å². The van der Waals surface area contributed by atoms with Gasteiger partial charge >= 0.3 is 0 Å². The molecular formula is C17H15FN2O2. The van der Waals surface area contributed by atoms with E-state index < -0.39 is 11.2 Å². The van der Waals surface area contributed by atoms with Crippen LogP contribution >= 0.6 is 0 Å². The van der Waals surface area contributed by atoms with E-state index in [1.165, 1.54) is 12.1 Å². The highest BCUT2D eigenvalue weighted by Crippen LogP contribution is 2.33. The van der Waals surface area contributed by atoms with Gasteiger partial charge in [-0.05, 0) is 31.5 Å². The highest BCUT2D eigenvalue weighted by atomic mass is 19.1. The van der Waals surface area contributed by atoms with Crippen molar-refractivity contribution in [2.24, 2.45) is 0 Å². The Morgan fingerprint density at radius 1 is 1.36 bits per heavy atom. The molecule has 0 fully saturated rings. The predicted molar refractivity (Wildman–Crippen MR) is 79.7 cm³/mol. The average Bonchev–Trinajstić information content (AvgIpc) is 2.45. The summed E-state index contributed by atoms with van der Waals surface area (Å²) in [6, 6.07) is 7.99. The monoisotopic (exact) mass is 298 g/mol. The minimum Gasteiger partial charge on any atom is -0.370 e. The van der Waals surface area contributed by atoms with Gasteiger partial charge < -0.3 is 9.72 Å². The van der Waals surface area contributed by atoms with Crippen molar-refractivity contribution in [1.29, 1.82) is 5.26 Å². The number of nitrogens with one attached hydrogen (secondary N) is 1. The van der Waals surface area contributed by atoms with E-state index in [0.717, 1.165) is 5.56 Å². The number of fused-ring (bicyclic) bond motifs is 1. The summed E-state index contributed by atoms with van der Waals surface area (Å²) in [7, 11) is 0. The highest BCUT2D eigenvalue weighted by molar-refractivity contribution is 5.66. The third-order valence-corrected chi connectivity index (χ3v) is 3.87. The van der Waals surface area contributed by atoms with Crippen molar-refractivity contribution in [1.82, 2.24) is 4.98 Å². The van der Waals surface area contributed by atoms with E-state index in [1.807, 2.05) is 19.9 Å². The molecule has 0 bridgehead atoms. The summed E-state index contributed by atoms with van der Waals surface area (Å²) in [6.45, 7) is 4.11. The molecule has 0 spiro atoms. The van der Waals surface area contributed by atoms with Crippen molar-refractivity contribution in [3.05, 3.63) is 57.1 Å². The van der Waals surface area contributed by atoms with Crippen LogP contribution in [0.4, 0.5) is 4.39 Å². The maximum absolute atomic E-state index is 13.5.